The summed E-state index contributed by atoms with van der Waals surface area (Å²) in [5.74, 6) is 1.80. The molecule has 0 spiro atoms. The van der Waals surface area contributed by atoms with E-state index in [4.69, 9.17) is 15.0 Å². The summed E-state index contributed by atoms with van der Waals surface area (Å²) in [5, 5.41) is 12.9. The summed E-state index contributed by atoms with van der Waals surface area (Å²) < 4.78 is 0. The molecule has 0 amide bonds. The maximum Gasteiger partial charge on any atom is 0.164 e. The van der Waals surface area contributed by atoms with Gasteiger partial charge in [-0.2, -0.15) is 5.26 Å². The summed E-state index contributed by atoms with van der Waals surface area (Å²) in [4.78, 5) is 15.2. The van der Waals surface area contributed by atoms with E-state index in [9.17, 15) is 5.26 Å². The largest absolute Gasteiger partial charge is 0.208 e. The zero-order chi connectivity index (χ0) is 44.0. The van der Waals surface area contributed by atoms with Crippen molar-refractivity contribution < 1.29 is 0 Å². The van der Waals surface area contributed by atoms with E-state index in [-0.39, 0.29) is 0 Å². The molecule has 1 aliphatic rings. The molecule has 0 aliphatic heterocycles. The molecule has 0 bridgehead atoms. The van der Waals surface area contributed by atoms with E-state index in [1.807, 2.05) is 54.6 Å². The predicted molar refractivity (Wildman–Crippen MR) is 270 cm³/mol. The minimum absolute atomic E-state index is 0.589. The van der Waals surface area contributed by atoms with Gasteiger partial charge in [-0.25, -0.2) is 15.0 Å². The quantitative estimate of drug-likeness (QED) is 0.153. The second-order valence-corrected chi connectivity index (χ2v) is 16.7. The molecular weight excluding hydrogens is 801 g/mol. The van der Waals surface area contributed by atoms with Crippen LogP contribution >= 0.6 is 0 Å². The van der Waals surface area contributed by atoms with E-state index in [2.05, 4.69) is 182 Å². The van der Waals surface area contributed by atoms with Crippen LogP contribution in [0.1, 0.15) is 5.56 Å². The van der Waals surface area contributed by atoms with Gasteiger partial charge in [0, 0.05) is 16.7 Å². The minimum Gasteiger partial charge on any atom is -0.208 e. The summed E-state index contributed by atoms with van der Waals surface area (Å²) in [6.07, 6.45) is 0. The van der Waals surface area contributed by atoms with Gasteiger partial charge in [0.2, 0.25) is 0 Å². The fourth-order valence-corrected chi connectivity index (χ4v) is 9.53. The van der Waals surface area contributed by atoms with Crippen LogP contribution in [-0.4, -0.2) is 15.0 Å². The van der Waals surface area contributed by atoms with E-state index in [1.165, 1.54) is 38.6 Å². The molecule has 0 atom stereocenters. The van der Waals surface area contributed by atoms with Crippen molar-refractivity contribution in [2.45, 2.75) is 0 Å². The Morgan fingerprint density at radius 2 is 0.712 bits per heavy atom. The second-order valence-electron chi connectivity index (χ2n) is 16.7. The van der Waals surface area contributed by atoms with Crippen molar-refractivity contribution in [1.82, 2.24) is 15.0 Å². The van der Waals surface area contributed by atoms with Crippen LogP contribution in [0, 0.1) is 11.3 Å². The Labute approximate surface area is 383 Å². The van der Waals surface area contributed by atoms with Crippen molar-refractivity contribution in [3.05, 3.63) is 236 Å². The molecule has 0 saturated carbocycles. The number of fused-ring (bicyclic) bond motifs is 3. The van der Waals surface area contributed by atoms with Crippen LogP contribution in [0.3, 0.4) is 0 Å². The first-order chi connectivity index (χ1) is 32.6. The van der Waals surface area contributed by atoms with Gasteiger partial charge in [-0.1, -0.05) is 206 Å². The van der Waals surface area contributed by atoms with E-state index in [1.54, 1.807) is 0 Å². The molecule has 0 unspecified atom stereocenters. The highest BCUT2D eigenvalue weighted by Gasteiger charge is 2.24. The van der Waals surface area contributed by atoms with Crippen LogP contribution in [-0.2, 0) is 0 Å². The van der Waals surface area contributed by atoms with Gasteiger partial charge in [0.25, 0.3) is 0 Å². The fourth-order valence-electron chi connectivity index (χ4n) is 9.53. The zero-order valence-electron chi connectivity index (χ0n) is 35.7. The van der Waals surface area contributed by atoms with Crippen molar-refractivity contribution in [3.63, 3.8) is 0 Å². The van der Waals surface area contributed by atoms with Gasteiger partial charge >= 0.3 is 0 Å². The Morgan fingerprint density at radius 1 is 0.273 bits per heavy atom. The molecular formula is C62H38N4. The van der Waals surface area contributed by atoms with Gasteiger partial charge in [0.1, 0.15) is 0 Å². The number of rotatable bonds is 8. The molecule has 306 valence electrons. The number of aromatic nitrogens is 3. The third-order valence-corrected chi connectivity index (χ3v) is 12.7. The summed E-state index contributed by atoms with van der Waals surface area (Å²) in [7, 11) is 0. The molecule has 0 saturated heterocycles. The Bertz CT molecular complexity index is 3680. The standard InChI is InChI=1S/C62H38N4/c63-39-40-35-50(43-27-31-44(32-28-43)53-23-12-25-55-54-24-10-17-45-18-11-26-57(58(45)54)59(53)55)38-51(36-40)48-19-9-20-49(37-48)52-21-7-8-22-56(52)62-65-60(46-15-5-2-6-16-46)64-61(66-62)47-33-29-42(30-34-47)41-13-3-1-4-14-41/h1-38H. The van der Waals surface area contributed by atoms with E-state index in [0.717, 1.165) is 66.8 Å². The van der Waals surface area contributed by atoms with E-state index < -0.39 is 0 Å². The first kappa shape index (κ1) is 38.6. The smallest absolute Gasteiger partial charge is 0.164 e. The molecule has 0 radical (unpaired) electrons. The first-order valence-electron chi connectivity index (χ1n) is 22.1. The van der Waals surface area contributed by atoms with Crippen LogP contribution < -0.4 is 0 Å². The Balaban J connectivity index is 0.895. The summed E-state index contributed by atoms with van der Waals surface area (Å²) in [6, 6.07) is 82.8. The van der Waals surface area contributed by atoms with Gasteiger partial charge in [0.05, 0.1) is 11.6 Å². The number of nitrogens with zero attached hydrogens (tertiary/aromatic N) is 4. The van der Waals surface area contributed by atoms with Gasteiger partial charge in [-0.05, 0) is 113 Å². The predicted octanol–water partition coefficient (Wildman–Crippen LogP) is 15.9. The molecule has 0 N–H and O–H groups in total. The second kappa shape index (κ2) is 16.3. The maximum absolute atomic E-state index is 10.3. The molecule has 1 heterocycles. The lowest BCUT2D eigenvalue weighted by molar-refractivity contribution is 1.07. The minimum atomic E-state index is 0.589. The van der Waals surface area contributed by atoms with Crippen molar-refractivity contribution >= 4 is 10.8 Å². The van der Waals surface area contributed by atoms with Crippen molar-refractivity contribution in [1.29, 1.82) is 5.26 Å². The SMILES string of the molecule is N#Cc1cc(-c2ccc(-c3cccc4c3-c3cccc5cccc-4c35)cc2)cc(-c2cccc(-c3ccccc3-c3nc(-c4ccccc4)nc(-c4ccc(-c5ccccc5)cc4)n3)c2)c1. The lowest BCUT2D eigenvalue weighted by Crippen LogP contribution is -2.01. The van der Waals surface area contributed by atoms with Crippen LogP contribution in [0.4, 0.5) is 0 Å². The molecule has 66 heavy (non-hydrogen) atoms. The molecule has 4 heteroatoms. The number of benzene rings is 10. The zero-order valence-corrected chi connectivity index (χ0v) is 35.7. The normalized spacial score (nSPS) is 11.3. The first-order valence-corrected chi connectivity index (χ1v) is 22.1. The van der Waals surface area contributed by atoms with Gasteiger partial charge in [-0.3, -0.25) is 0 Å². The average Bonchev–Trinajstić information content (AvgIpc) is 3.74. The lowest BCUT2D eigenvalue weighted by atomic mass is 9.91. The Hall–Kier alpha value is -9.04. The van der Waals surface area contributed by atoms with Gasteiger partial charge < -0.3 is 0 Å². The van der Waals surface area contributed by atoms with E-state index >= 15 is 0 Å². The number of hydrogen-bond donors (Lipinski definition) is 0. The summed E-state index contributed by atoms with van der Waals surface area (Å²) in [5.41, 5.74) is 19.1. The van der Waals surface area contributed by atoms with Crippen LogP contribution in [0.2, 0.25) is 0 Å². The molecule has 4 nitrogen and oxygen atoms in total. The molecule has 12 rings (SSSR count). The number of hydrogen-bond acceptors (Lipinski definition) is 4. The van der Waals surface area contributed by atoms with Gasteiger partial charge in [-0.15, -0.1) is 0 Å². The average molecular weight is 839 g/mol. The summed E-state index contributed by atoms with van der Waals surface area (Å²) >= 11 is 0. The summed E-state index contributed by atoms with van der Waals surface area (Å²) in [6.45, 7) is 0. The highest BCUT2D eigenvalue weighted by molar-refractivity contribution is 6.18. The Morgan fingerprint density at radius 3 is 1.42 bits per heavy atom. The number of nitriles is 1. The highest BCUT2D eigenvalue weighted by Crippen LogP contribution is 2.51. The van der Waals surface area contributed by atoms with Crippen LogP contribution in [0.25, 0.3) is 123 Å². The monoisotopic (exact) mass is 838 g/mol. The highest BCUT2D eigenvalue weighted by atomic mass is 15.0. The maximum atomic E-state index is 10.3. The van der Waals surface area contributed by atoms with Crippen LogP contribution in [0.15, 0.2) is 231 Å². The van der Waals surface area contributed by atoms with Crippen molar-refractivity contribution in [2.75, 3.05) is 0 Å². The lowest BCUT2D eigenvalue weighted by Gasteiger charge is -2.14. The molecule has 11 aromatic rings. The topological polar surface area (TPSA) is 62.5 Å². The van der Waals surface area contributed by atoms with Crippen molar-refractivity contribution in [2.24, 2.45) is 0 Å². The Kier molecular flexibility index (Phi) is 9.51. The van der Waals surface area contributed by atoms with Crippen molar-refractivity contribution in [3.8, 4) is 118 Å². The third-order valence-electron chi connectivity index (χ3n) is 12.7. The molecule has 1 aliphatic carbocycles. The third kappa shape index (κ3) is 6.93. The van der Waals surface area contributed by atoms with Gasteiger partial charge in [0.15, 0.2) is 17.5 Å². The molecule has 1 aromatic heterocycles. The molecule has 10 aromatic carbocycles. The molecule has 0 fully saturated rings. The fraction of sp³-hybridized carbons (Fsp3) is 0. The van der Waals surface area contributed by atoms with Crippen LogP contribution in [0.5, 0.6) is 0 Å². The van der Waals surface area contributed by atoms with E-state index in [0.29, 0.717) is 23.0 Å².